The van der Waals surface area contributed by atoms with Crippen LogP contribution in [0, 0.1) is 16.7 Å². The Bertz CT molecular complexity index is 419. The smallest absolute Gasteiger partial charge is 0.240 e. The molecule has 1 heterocycles. The lowest BCUT2D eigenvalue weighted by Crippen LogP contribution is -2.44. The fourth-order valence-electron chi connectivity index (χ4n) is 1.69. The first-order valence-electron chi connectivity index (χ1n) is 5.23. The van der Waals surface area contributed by atoms with Crippen molar-refractivity contribution < 1.29 is 4.79 Å². The van der Waals surface area contributed by atoms with E-state index in [1.165, 1.54) is 0 Å². The van der Waals surface area contributed by atoms with E-state index in [0.29, 0.717) is 25.1 Å². The lowest BCUT2D eigenvalue weighted by atomic mass is 9.69. The van der Waals surface area contributed by atoms with Crippen molar-refractivity contribution in [3.8, 4) is 6.07 Å². The highest BCUT2D eigenvalue weighted by atomic mass is 16.2. The summed E-state index contributed by atoms with van der Waals surface area (Å²) in [4.78, 5) is 11.8. The molecule has 0 aliphatic heterocycles. The second-order valence-electron chi connectivity index (χ2n) is 3.95. The summed E-state index contributed by atoms with van der Waals surface area (Å²) in [5.74, 6) is -0.188. The Hall–Kier alpha value is -1.96. The third-order valence-electron chi connectivity index (χ3n) is 2.91. The van der Waals surface area contributed by atoms with E-state index in [9.17, 15) is 4.79 Å². The Morgan fingerprint density at radius 2 is 2.44 bits per heavy atom. The molecule has 1 aromatic heterocycles. The van der Waals surface area contributed by atoms with Gasteiger partial charge in [-0.2, -0.15) is 15.5 Å². The highest BCUT2D eigenvalue weighted by Gasteiger charge is 2.44. The molecule has 2 rings (SSSR count). The number of nitriles is 1. The van der Waals surface area contributed by atoms with Crippen LogP contribution < -0.4 is 5.32 Å². The molecule has 5 nitrogen and oxygen atoms in total. The Morgan fingerprint density at radius 3 is 2.94 bits per heavy atom. The first-order valence-corrected chi connectivity index (χ1v) is 5.23. The van der Waals surface area contributed by atoms with Crippen LogP contribution in [0.25, 0.3) is 0 Å². The minimum Gasteiger partial charge on any atom is -0.349 e. The average Bonchev–Trinajstić information content (AvgIpc) is 2.27. The summed E-state index contributed by atoms with van der Waals surface area (Å²) in [7, 11) is 0. The molecule has 1 aliphatic rings. The molecule has 1 saturated carbocycles. The first kappa shape index (κ1) is 10.6. The zero-order chi connectivity index (χ0) is 11.4. The van der Waals surface area contributed by atoms with Gasteiger partial charge >= 0.3 is 0 Å². The fourth-order valence-corrected chi connectivity index (χ4v) is 1.69. The molecule has 0 unspecified atom stereocenters. The van der Waals surface area contributed by atoms with Crippen molar-refractivity contribution in [3.05, 3.63) is 24.0 Å². The van der Waals surface area contributed by atoms with Gasteiger partial charge in [0.05, 0.1) is 18.3 Å². The molecule has 16 heavy (non-hydrogen) atoms. The third-order valence-corrected chi connectivity index (χ3v) is 2.91. The number of hydrogen-bond donors (Lipinski definition) is 1. The van der Waals surface area contributed by atoms with Gasteiger partial charge in [0.2, 0.25) is 5.91 Å². The Morgan fingerprint density at radius 1 is 1.62 bits per heavy atom. The molecule has 0 bridgehead atoms. The van der Waals surface area contributed by atoms with Crippen LogP contribution in [0.4, 0.5) is 0 Å². The zero-order valence-corrected chi connectivity index (χ0v) is 8.81. The van der Waals surface area contributed by atoms with Crippen molar-refractivity contribution in [3.63, 3.8) is 0 Å². The standard InChI is InChI=1S/C11H12N4O/c12-8-11(4-2-5-11)10(16)13-7-9-3-1-6-14-15-9/h1,3,6H,2,4-5,7H2,(H,13,16). The van der Waals surface area contributed by atoms with E-state index in [0.717, 1.165) is 6.42 Å². The molecule has 0 aromatic carbocycles. The zero-order valence-electron chi connectivity index (χ0n) is 8.81. The minimum atomic E-state index is -0.789. The van der Waals surface area contributed by atoms with Crippen molar-refractivity contribution in [2.24, 2.45) is 5.41 Å². The van der Waals surface area contributed by atoms with E-state index >= 15 is 0 Å². The molecule has 0 atom stereocenters. The summed E-state index contributed by atoms with van der Waals surface area (Å²) in [5, 5.41) is 19.3. The van der Waals surface area contributed by atoms with E-state index in [4.69, 9.17) is 5.26 Å². The molecular weight excluding hydrogens is 204 g/mol. The van der Waals surface area contributed by atoms with Crippen LogP contribution >= 0.6 is 0 Å². The quantitative estimate of drug-likeness (QED) is 0.810. The van der Waals surface area contributed by atoms with Crippen molar-refractivity contribution in [2.45, 2.75) is 25.8 Å². The number of hydrogen-bond acceptors (Lipinski definition) is 4. The molecule has 1 amide bonds. The van der Waals surface area contributed by atoms with Crippen molar-refractivity contribution in [1.82, 2.24) is 15.5 Å². The summed E-state index contributed by atoms with van der Waals surface area (Å²) in [6.45, 7) is 0.329. The predicted octanol–water partition coefficient (Wildman–Crippen LogP) is 0.787. The molecule has 1 aromatic rings. The van der Waals surface area contributed by atoms with Crippen molar-refractivity contribution in [2.75, 3.05) is 0 Å². The highest BCUT2D eigenvalue weighted by molar-refractivity contribution is 5.86. The number of nitrogens with one attached hydrogen (secondary N) is 1. The summed E-state index contributed by atoms with van der Waals surface area (Å²) in [6.07, 6.45) is 3.85. The van der Waals surface area contributed by atoms with E-state index in [1.54, 1.807) is 18.3 Å². The van der Waals surface area contributed by atoms with E-state index < -0.39 is 5.41 Å². The lowest BCUT2D eigenvalue weighted by Gasteiger charge is -2.33. The highest BCUT2D eigenvalue weighted by Crippen LogP contribution is 2.40. The first-order chi connectivity index (χ1) is 7.77. The summed E-state index contributed by atoms with van der Waals surface area (Å²) >= 11 is 0. The predicted molar refractivity (Wildman–Crippen MR) is 55.8 cm³/mol. The summed E-state index contributed by atoms with van der Waals surface area (Å²) in [6, 6.07) is 5.65. The van der Waals surface area contributed by atoms with E-state index in [-0.39, 0.29) is 5.91 Å². The van der Waals surface area contributed by atoms with Crippen LogP contribution in [-0.2, 0) is 11.3 Å². The molecule has 0 spiro atoms. The lowest BCUT2D eigenvalue weighted by molar-refractivity contribution is -0.131. The number of aromatic nitrogens is 2. The molecule has 0 radical (unpaired) electrons. The van der Waals surface area contributed by atoms with Gasteiger partial charge in [-0.15, -0.1) is 0 Å². The minimum absolute atomic E-state index is 0.188. The topological polar surface area (TPSA) is 78.7 Å². The fraction of sp³-hybridized carbons (Fsp3) is 0.455. The van der Waals surface area contributed by atoms with Gasteiger partial charge in [-0.25, -0.2) is 0 Å². The molecular formula is C11H12N4O. The molecule has 82 valence electrons. The van der Waals surface area contributed by atoms with Gasteiger partial charge in [0, 0.05) is 6.20 Å². The van der Waals surface area contributed by atoms with Crippen LogP contribution in [0.1, 0.15) is 25.0 Å². The maximum atomic E-state index is 11.8. The normalized spacial score (nSPS) is 16.9. The van der Waals surface area contributed by atoms with Crippen molar-refractivity contribution >= 4 is 5.91 Å². The maximum Gasteiger partial charge on any atom is 0.240 e. The number of rotatable bonds is 3. The largest absolute Gasteiger partial charge is 0.349 e. The SMILES string of the molecule is N#CC1(C(=O)NCc2cccnn2)CCC1. The van der Waals surface area contributed by atoms with Gasteiger partial charge in [0.15, 0.2) is 0 Å². The number of nitrogens with zero attached hydrogens (tertiary/aromatic N) is 3. The Labute approximate surface area is 93.5 Å². The average molecular weight is 216 g/mol. The third kappa shape index (κ3) is 1.87. The van der Waals surface area contributed by atoms with Gasteiger partial charge in [-0.1, -0.05) is 0 Å². The van der Waals surface area contributed by atoms with E-state index in [1.807, 2.05) is 0 Å². The van der Waals surface area contributed by atoms with Crippen LogP contribution in [0.5, 0.6) is 0 Å². The van der Waals surface area contributed by atoms with Gasteiger partial charge in [0.1, 0.15) is 5.41 Å². The molecule has 1 N–H and O–H groups in total. The Balaban J connectivity index is 1.92. The van der Waals surface area contributed by atoms with Gasteiger partial charge in [-0.3, -0.25) is 4.79 Å². The van der Waals surface area contributed by atoms with Crippen LogP contribution in [0.15, 0.2) is 18.3 Å². The van der Waals surface area contributed by atoms with Crippen LogP contribution in [-0.4, -0.2) is 16.1 Å². The molecule has 5 heteroatoms. The molecule has 0 saturated heterocycles. The van der Waals surface area contributed by atoms with Crippen LogP contribution in [0.3, 0.4) is 0 Å². The van der Waals surface area contributed by atoms with Crippen LogP contribution in [0.2, 0.25) is 0 Å². The second kappa shape index (κ2) is 4.27. The molecule has 1 aliphatic carbocycles. The molecule has 1 fully saturated rings. The number of carbonyl (C=O) groups is 1. The summed E-state index contributed by atoms with van der Waals surface area (Å²) < 4.78 is 0. The van der Waals surface area contributed by atoms with Gasteiger partial charge in [-0.05, 0) is 31.4 Å². The van der Waals surface area contributed by atoms with Gasteiger partial charge in [0.25, 0.3) is 0 Å². The Kier molecular flexibility index (Phi) is 2.82. The second-order valence-corrected chi connectivity index (χ2v) is 3.95. The van der Waals surface area contributed by atoms with E-state index in [2.05, 4.69) is 21.6 Å². The number of amides is 1. The van der Waals surface area contributed by atoms with Crippen molar-refractivity contribution in [1.29, 1.82) is 5.26 Å². The maximum absolute atomic E-state index is 11.8. The summed E-state index contributed by atoms with van der Waals surface area (Å²) in [5.41, 5.74) is -0.0920. The van der Waals surface area contributed by atoms with Gasteiger partial charge < -0.3 is 5.32 Å². The number of carbonyl (C=O) groups excluding carboxylic acids is 1. The monoisotopic (exact) mass is 216 g/mol.